The van der Waals surface area contributed by atoms with Gasteiger partial charge in [0.15, 0.2) is 0 Å². The number of nitrogens with zero attached hydrogens (tertiary/aromatic N) is 2. The van der Waals surface area contributed by atoms with E-state index in [1.54, 1.807) is 22.5 Å². The van der Waals surface area contributed by atoms with Gasteiger partial charge in [0, 0.05) is 17.0 Å². The molecule has 2 heterocycles. The molecule has 1 amide bonds. The number of benzene rings is 1. The number of aromatic nitrogens is 2. The van der Waals surface area contributed by atoms with Gasteiger partial charge in [0.05, 0.1) is 11.6 Å². The fourth-order valence-corrected chi connectivity index (χ4v) is 3.45. The lowest BCUT2D eigenvalue weighted by molar-refractivity contribution is 0.0828. The molecule has 0 unspecified atom stereocenters. The lowest BCUT2D eigenvalue weighted by atomic mass is 10.0. The SMILES string of the molecule is O=C(N[C@@H](Cc1ccccc1)[C@@H](O)c1nccs1)c1cscn1. The van der Waals surface area contributed by atoms with Gasteiger partial charge in [-0.15, -0.1) is 22.7 Å². The van der Waals surface area contributed by atoms with E-state index in [4.69, 9.17) is 0 Å². The molecule has 2 aromatic heterocycles. The Morgan fingerprint density at radius 1 is 1.26 bits per heavy atom. The Balaban J connectivity index is 1.79. The molecule has 3 aromatic rings. The molecule has 0 aliphatic heterocycles. The summed E-state index contributed by atoms with van der Waals surface area (Å²) in [4.78, 5) is 20.4. The summed E-state index contributed by atoms with van der Waals surface area (Å²) in [7, 11) is 0. The number of amides is 1. The summed E-state index contributed by atoms with van der Waals surface area (Å²) in [5.41, 5.74) is 3.00. The van der Waals surface area contributed by atoms with Gasteiger partial charge in [-0.3, -0.25) is 4.79 Å². The van der Waals surface area contributed by atoms with Crippen LogP contribution < -0.4 is 5.32 Å². The van der Waals surface area contributed by atoms with Gasteiger partial charge in [-0.05, 0) is 12.0 Å². The predicted octanol–water partition coefficient (Wildman–Crippen LogP) is 2.67. The van der Waals surface area contributed by atoms with Crippen molar-refractivity contribution in [2.24, 2.45) is 0 Å². The highest BCUT2D eigenvalue weighted by atomic mass is 32.1. The van der Waals surface area contributed by atoms with Crippen LogP contribution in [0.5, 0.6) is 0 Å². The van der Waals surface area contributed by atoms with Crippen LogP contribution in [-0.2, 0) is 6.42 Å². The minimum Gasteiger partial charge on any atom is -0.384 e. The predicted molar refractivity (Wildman–Crippen MR) is 90.6 cm³/mol. The monoisotopic (exact) mass is 345 g/mol. The average Bonchev–Trinajstić information content (AvgIpc) is 3.27. The maximum Gasteiger partial charge on any atom is 0.271 e. The molecule has 5 nitrogen and oxygen atoms in total. The third-order valence-electron chi connectivity index (χ3n) is 3.37. The van der Waals surface area contributed by atoms with E-state index in [1.165, 1.54) is 22.7 Å². The highest BCUT2D eigenvalue weighted by Gasteiger charge is 2.26. The first kappa shape index (κ1) is 15.8. The summed E-state index contributed by atoms with van der Waals surface area (Å²) >= 11 is 2.73. The molecular formula is C16H15N3O2S2. The lowest BCUT2D eigenvalue weighted by Crippen LogP contribution is -2.41. The van der Waals surface area contributed by atoms with Gasteiger partial charge in [0.1, 0.15) is 16.8 Å². The van der Waals surface area contributed by atoms with Crippen molar-refractivity contribution in [3.63, 3.8) is 0 Å². The number of rotatable bonds is 6. The zero-order valence-corrected chi connectivity index (χ0v) is 13.8. The van der Waals surface area contributed by atoms with Crippen molar-refractivity contribution in [2.75, 3.05) is 0 Å². The van der Waals surface area contributed by atoms with Crippen LogP contribution in [0.3, 0.4) is 0 Å². The number of thiazole rings is 2. The molecule has 3 rings (SSSR count). The van der Waals surface area contributed by atoms with Gasteiger partial charge >= 0.3 is 0 Å². The largest absolute Gasteiger partial charge is 0.384 e. The van der Waals surface area contributed by atoms with E-state index in [1.807, 2.05) is 30.3 Å². The van der Waals surface area contributed by atoms with Crippen molar-refractivity contribution >= 4 is 28.6 Å². The van der Waals surface area contributed by atoms with Gasteiger partial charge in [0.2, 0.25) is 0 Å². The van der Waals surface area contributed by atoms with Crippen LogP contribution in [0.15, 0.2) is 52.8 Å². The zero-order valence-electron chi connectivity index (χ0n) is 12.1. The molecule has 23 heavy (non-hydrogen) atoms. The highest BCUT2D eigenvalue weighted by molar-refractivity contribution is 7.09. The highest BCUT2D eigenvalue weighted by Crippen LogP contribution is 2.22. The minimum absolute atomic E-state index is 0.289. The zero-order chi connectivity index (χ0) is 16.1. The molecule has 2 atom stereocenters. The molecule has 0 saturated heterocycles. The maximum atomic E-state index is 12.3. The Kier molecular flexibility index (Phi) is 5.12. The normalized spacial score (nSPS) is 13.4. The Morgan fingerprint density at radius 2 is 2.09 bits per heavy atom. The Bertz CT molecular complexity index is 730. The van der Waals surface area contributed by atoms with Gasteiger partial charge < -0.3 is 10.4 Å². The van der Waals surface area contributed by atoms with Crippen molar-refractivity contribution in [1.82, 2.24) is 15.3 Å². The van der Waals surface area contributed by atoms with Crippen LogP contribution in [0.2, 0.25) is 0 Å². The van der Waals surface area contributed by atoms with Crippen LogP contribution in [0, 0.1) is 0 Å². The van der Waals surface area contributed by atoms with Crippen molar-refractivity contribution in [3.8, 4) is 0 Å². The van der Waals surface area contributed by atoms with Gasteiger partial charge in [0.25, 0.3) is 5.91 Å². The Hall–Kier alpha value is -2.09. The smallest absolute Gasteiger partial charge is 0.271 e. The number of hydrogen-bond acceptors (Lipinski definition) is 6. The number of carbonyl (C=O) groups is 1. The fourth-order valence-electron chi connectivity index (χ4n) is 2.23. The summed E-state index contributed by atoms with van der Waals surface area (Å²) in [5, 5.41) is 17.5. The minimum atomic E-state index is -0.863. The molecule has 2 N–H and O–H groups in total. The summed E-state index contributed by atoms with van der Waals surface area (Å²) in [6, 6.07) is 9.27. The number of aliphatic hydroxyl groups excluding tert-OH is 1. The van der Waals surface area contributed by atoms with Crippen molar-refractivity contribution in [2.45, 2.75) is 18.6 Å². The van der Waals surface area contributed by atoms with E-state index in [2.05, 4.69) is 15.3 Å². The van der Waals surface area contributed by atoms with E-state index in [0.717, 1.165) is 5.56 Å². The molecule has 1 aromatic carbocycles. The molecule has 0 radical (unpaired) electrons. The Labute approximate surface area is 141 Å². The van der Waals surface area contributed by atoms with Gasteiger partial charge in [-0.1, -0.05) is 30.3 Å². The molecule has 0 spiro atoms. The van der Waals surface area contributed by atoms with Crippen LogP contribution >= 0.6 is 22.7 Å². The molecule has 0 aliphatic carbocycles. The third kappa shape index (κ3) is 4.01. The molecule has 0 bridgehead atoms. The second kappa shape index (κ2) is 7.45. The number of carbonyl (C=O) groups excluding carboxylic acids is 1. The van der Waals surface area contributed by atoms with Crippen LogP contribution in [0.25, 0.3) is 0 Å². The van der Waals surface area contributed by atoms with E-state index < -0.39 is 12.1 Å². The van der Waals surface area contributed by atoms with Crippen LogP contribution in [0.4, 0.5) is 0 Å². The van der Waals surface area contributed by atoms with Crippen molar-refractivity contribution in [3.05, 3.63) is 69.1 Å². The fraction of sp³-hybridized carbons (Fsp3) is 0.188. The standard InChI is InChI=1S/C16H15N3O2S2/c20-14(16-17-6-7-23-16)12(8-11-4-2-1-3-5-11)19-15(21)13-9-22-10-18-13/h1-7,9-10,12,14,20H,8H2,(H,19,21)/t12-,14+/m0/s1. The molecule has 0 aliphatic rings. The summed E-state index contributed by atoms with van der Waals surface area (Å²) < 4.78 is 0. The number of nitrogens with one attached hydrogen (secondary N) is 1. The molecule has 7 heteroatoms. The van der Waals surface area contributed by atoms with Gasteiger partial charge in [-0.2, -0.15) is 0 Å². The maximum absolute atomic E-state index is 12.3. The second-order valence-corrected chi connectivity index (χ2v) is 6.60. The first-order valence-electron chi connectivity index (χ1n) is 7.04. The molecular weight excluding hydrogens is 330 g/mol. The summed E-state index contributed by atoms with van der Waals surface area (Å²) in [5.74, 6) is -0.289. The average molecular weight is 345 g/mol. The van der Waals surface area contributed by atoms with Crippen molar-refractivity contribution in [1.29, 1.82) is 0 Å². The van der Waals surface area contributed by atoms with E-state index >= 15 is 0 Å². The van der Waals surface area contributed by atoms with Crippen LogP contribution in [0.1, 0.15) is 27.2 Å². The molecule has 0 fully saturated rings. The number of hydrogen-bond donors (Lipinski definition) is 2. The summed E-state index contributed by atoms with van der Waals surface area (Å²) in [6.07, 6.45) is 1.29. The lowest BCUT2D eigenvalue weighted by Gasteiger charge is -2.22. The summed E-state index contributed by atoms with van der Waals surface area (Å²) in [6.45, 7) is 0. The van der Waals surface area contributed by atoms with Crippen molar-refractivity contribution < 1.29 is 9.90 Å². The number of aliphatic hydroxyl groups is 1. The van der Waals surface area contributed by atoms with E-state index in [-0.39, 0.29) is 5.91 Å². The molecule has 118 valence electrons. The first-order chi connectivity index (χ1) is 11.2. The first-order valence-corrected chi connectivity index (χ1v) is 8.86. The van der Waals surface area contributed by atoms with E-state index in [0.29, 0.717) is 17.1 Å². The molecule has 0 saturated carbocycles. The topological polar surface area (TPSA) is 75.1 Å². The van der Waals surface area contributed by atoms with Crippen LogP contribution in [-0.4, -0.2) is 27.0 Å². The van der Waals surface area contributed by atoms with Gasteiger partial charge in [-0.25, -0.2) is 9.97 Å². The van der Waals surface area contributed by atoms with E-state index in [9.17, 15) is 9.90 Å². The quantitative estimate of drug-likeness (QED) is 0.720. The third-order valence-corrected chi connectivity index (χ3v) is 4.80. The Morgan fingerprint density at radius 3 is 2.74 bits per heavy atom. The second-order valence-electron chi connectivity index (χ2n) is 4.96.